The topological polar surface area (TPSA) is 64.3 Å². The number of nitrogens with two attached hydrogens (primary N) is 1. The summed E-state index contributed by atoms with van der Waals surface area (Å²) in [5.74, 6) is 1.28. The molecule has 1 fully saturated rings. The predicted molar refractivity (Wildman–Crippen MR) is 94.2 cm³/mol. The van der Waals surface area contributed by atoms with Crippen molar-refractivity contribution in [2.75, 3.05) is 6.54 Å². The van der Waals surface area contributed by atoms with Gasteiger partial charge in [-0.05, 0) is 61.9 Å². The summed E-state index contributed by atoms with van der Waals surface area (Å²) in [5, 5.41) is 3.18. The zero-order valence-electron chi connectivity index (χ0n) is 13.9. The van der Waals surface area contributed by atoms with Gasteiger partial charge in [-0.1, -0.05) is 18.9 Å². The van der Waals surface area contributed by atoms with Crippen LogP contribution in [0.5, 0.6) is 5.75 Å². The number of nitrogens with one attached hydrogen (secondary N) is 1. The molecule has 1 saturated carbocycles. The highest BCUT2D eigenvalue weighted by Gasteiger charge is 2.33. The average molecular weight is 339 g/mol. The summed E-state index contributed by atoms with van der Waals surface area (Å²) in [6, 6.07) is 4.39. The van der Waals surface area contributed by atoms with Gasteiger partial charge in [0.1, 0.15) is 5.75 Å². The average Bonchev–Trinajstić information content (AvgIpc) is 2.91. The highest BCUT2D eigenvalue weighted by Crippen LogP contribution is 2.32. The van der Waals surface area contributed by atoms with Crippen LogP contribution in [0, 0.1) is 19.8 Å². The first-order valence-corrected chi connectivity index (χ1v) is 8.35. The molecular weight excluding hydrogens is 312 g/mol. The van der Waals surface area contributed by atoms with Crippen LogP contribution in [0.15, 0.2) is 12.1 Å². The van der Waals surface area contributed by atoms with Crippen LogP contribution in [-0.4, -0.2) is 24.6 Å². The third-order valence-electron chi connectivity index (χ3n) is 5.18. The molecule has 3 unspecified atom stereocenters. The minimum Gasteiger partial charge on any atom is -0.480 e. The number of carbonyl (C=O) groups excluding carboxylic acids is 1. The normalized spacial score (nSPS) is 26.0. The Morgan fingerprint density at radius 3 is 2.70 bits per heavy atom. The summed E-state index contributed by atoms with van der Waals surface area (Å²) in [7, 11) is 0. The van der Waals surface area contributed by atoms with Crippen molar-refractivity contribution in [3.8, 4) is 5.75 Å². The molecule has 0 radical (unpaired) electrons. The SMILES string of the molecule is Cc1cc2c(cc1C)OC(C(=O)NC1CCCCC1CN)C2.Cl. The van der Waals surface area contributed by atoms with E-state index >= 15 is 0 Å². The molecular formula is C18H27ClN2O2. The number of hydrogen-bond acceptors (Lipinski definition) is 3. The minimum absolute atomic E-state index is 0. The molecule has 1 aliphatic carbocycles. The van der Waals surface area contributed by atoms with Crippen molar-refractivity contribution in [1.82, 2.24) is 5.32 Å². The van der Waals surface area contributed by atoms with Crippen molar-refractivity contribution in [2.45, 2.75) is 58.1 Å². The van der Waals surface area contributed by atoms with E-state index in [9.17, 15) is 4.79 Å². The van der Waals surface area contributed by atoms with Gasteiger partial charge >= 0.3 is 0 Å². The van der Waals surface area contributed by atoms with Crippen LogP contribution in [0.4, 0.5) is 0 Å². The van der Waals surface area contributed by atoms with E-state index < -0.39 is 6.10 Å². The molecule has 1 aromatic carbocycles. The van der Waals surface area contributed by atoms with Crippen LogP contribution in [-0.2, 0) is 11.2 Å². The van der Waals surface area contributed by atoms with Gasteiger partial charge in [0.15, 0.2) is 6.10 Å². The van der Waals surface area contributed by atoms with Crippen molar-refractivity contribution in [2.24, 2.45) is 11.7 Å². The molecule has 1 amide bonds. The molecule has 1 aliphatic heterocycles. The Morgan fingerprint density at radius 2 is 1.96 bits per heavy atom. The molecule has 1 heterocycles. The molecule has 2 aliphatic rings. The molecule has 0 bridgehead atoms. The van der Waals surface area contributed by atoms with Crippen LogP contribution in [0.1, 0.15) is 42.4 Å². The highest BCUT2D eigenvalue weighted by molar-refractivity contribution is 5.85. The molecule has 3 N–H and O–H groups in total. The van der Waals surface area contributed by atoms with E-state index in [2.05, 4.69) is 25.2 Å². The fourth-order valence-corrected chi connectivity index (χ4v) is 3.62. The Morgan fingerprint density at radius 1 is 1.26 bits per heavy atom. The smallest absolute Gasteiger partial charge is 0.261 e. The van der Waals surface area contributed by atoms with Gasteiger partial charge in [-0.3, -0.25) is 4.79 Å². The summed E-state index contributed by atoms with van der Waals surface area (Å²) in [5.41, 5.74) is 9.44. The zero-order valence-corrected chi connectivity index (χ0v) is 14.7. The van der Waals surface area contributed by atoms with Gasteiger partial charge in [0.2, 0.25) is 0 Å². The fraction of sp³-hybridized carbons (Fsp3) is 0.611. The lowest BCUT2D eigenvalue weighted by Crippen LogP contribution is -2.49. The molecule has 3 rings (SSSR count). The Kier molecular flexibility index (Phi) is 5.93. The number of benzene rings is 1. The van der Waals surface area contributed by atoms with Gasteiger partial charge < -0.3 is 15.8 Å². The third kappa shape index (κ3) is 3.81. The van der Waals surface area contributed by atoms with Crippen LogP contribution >= 0.6 is 12.4 Å². The molecule has 3 atom stereocenters. The molecule has 23 heavy (non-hydrogen) atoms. The van der Waals surface area contributed by atoms with Crippen molar-refractivity contribution in [1.29, 1.82) is 0 Å². The second-order valence-electron chi connectivity index (χ2n) is 6.75. The van der Waals surface area contributed by atoms with Crippen LogP contribution < -0.4 is 15.8 Å². The number of hydrogen-bond donors (Lipinski definition) is 2. The lowest BCUT2D eigenvalue weighted by Gasteiger charge is -2.31. The minimum atomic E-state index is -0.392. The van der Waals surface area contributed by atoms with Gasteiger partial charge in [-0.2, -0.15) is 0 Å². The molecule has 0 spiro atoms. The summed E-state index contributed by atoms with van der Waals surface area (Å²) in [6.45, 7) is 4.81. The maximum absolute atomic E-state index is 12.5. The second kappa shape index (κ2) is 7.54. The maximum atomic E-state index is 12.5. The first-order valence-electron chi connectivity index (χ1n) is 8.35. The molecule has 128 valence electrons. The lowest BCUT2D eigenvalue weighted by molar-refractivity contribution is -0.128. The quantitative estimate of drug-likeness (QED) is 0.890. The maximum Gasteiger partial charge on any atom is 0.261 e. The van der Waals surface area contributed by atoms with Gasteiger partial charge in [0.05, 0.1) is 0 Å². The van der Waals surface area contributed by atoms with Crippen molar-refractivity contribution in [3.05, 3.63) is 28.8 Å². The van der Waals surface area contributed by atoms with Crippen molar-refractivity contribution >= 4 is 18.3 Å². The van der Waals surface area contributed by atoms with Crippen molar-refractivity contribution in [3.63, 3.8) is 0 Å². The number of amides is 1. The van der Waals surface area contributed by atoms with Crippen LogP contribution in [0.2, 0.25) is 0 Å². The number of aryl methyl sites for hydroxylation is 2. The number of halogens is 1. The van der Waals surface area contributed by atoms with Gasteiger partial charge in [0.25, 0.3) is 5.91 Å². The Bertz CT molecular complexity index is 545. The van der Waals surface area contributed by atoms with Gasteiger partial charge in [0, 0.05) is 12.5 Å². The molecule has 4 nitrogen and oxygen atoms in total. The Balaban J connectivity index is 0.00000192. The van der Waals surface area contributed by atoms with E-state index in [0.29, 0.717) is 18.9 Å². The first-order chi connectivity index (χ1) is 10.6. The summed E-state index contributed by atoms with van der Waals surface area (Å²) in [6.07, 6.45) is 4.82. The zero-order chi connectivity index (χ0) is 15.7. The van der Waals surface area contributed by atoms with E-state index in [1.165, 1.54) is 24.0 Å². The number of fused-ring (bicyclic) bond motifs is 1. The standard InChI is InChI=1S/C18H26N2O2.ClH/c1-11-7-14-9-17(22-16(14)8-12(11)2)18(21)20-15-6-4-3-5-13(15)10-19;/h7-8,13,15,17H,3-6,9-10,19H2,1-2H3,(H,20,21);1H. The van der Waals surface area contributed by atoms with Crippen LogP contribution in [0.3, 0.4) is 0 Å². The van der Waals surface area contributed by atoms with Crippen LogP contribution in [0.25, 0.3) is 0 Å². The second-order valence-corrected chi connectivity index (χ2v) is 6.75. The molecule has 0 aromatic heterocycles. The Hall–Kier alpha value is -1.26. The molecule has 5 heteroatoms. The van der Waals surface area contributed by atoms with E-state index in [1.54, 1.807) is 0 Å². The molecule has 1 aromatic rings. The molecule has 0 saturated heterocycles. The van der Waals surface area contributed by atoms with E-state index in [1.807, 2.05) is 6.07 Å². The van der Waals surface area contributed by atoms with Gasteiger partial charge in [-0.15, -0.1) is 12.4 Å². The van der Waals surface area contributed by atoms with E-state index in [-0.39, 0.29) is 24.4 Å². The highest BCUT2D eigenvalue weighted by atomic mass is 35.5. The summed E-state index contributed by atoms with van der Waals surface area (Å²) in [4.78, 5) is 12.5. The van der Waals surface area contributed by atoms with Gasteiger partial charge in [-0.25, -0.2) is 0 Å². The van der Waals surface area contributed by atoms with E-state index in [0.717, 1.165) is 24.2 Å². The first kappa shape index (κ1) is 18.1. The number of carbonyl (C=O) groups is 1. The lowest BCUT2D eigenvalue weighted by atomic mass is 9.84. The van der Waals surface area contributed by atoms with E-state index in [4.69, 9.17) is 10.5 Å². The summed E-state index contributed by atoms with van der Waals surface area (Å²) >= 11 is 0. The number of rotatable bonds is 3. The van der Waals surface area contributed by atoms with Crippen molar-refractivity contribution < 1.29 is 9.53 Å². The predicted octanol–water partition coefficient (Wildman–Crippen LogP) is 2.66. The third-order valence-corrected chi connectivity index (χ3v) is 5.18. The number of ether oxygens (including phenoxy) is 1. The largest absolute Gasteiger partial charge is 0.480 e. The summed E-state index contributed by atoms with van der Waals surface area (Å²) < 4.78 is 5.87. The fourth-order valence-electron chi connectivity index (χ4n) is 3.62. The monoisotopic (exact) mass is 338 g/mol. The Labute approximate surface area is 144 Å².